The molecule has 0 aromatic rings. The Morgan fingerprint density at radius 1 is 0.781 bits per heavy atom. The number of carbonyl (C=O) groups is 1. The van der Waals surface area contributed by atoms with Crippen molar-refractivity contribution in [3.05, 3.63) is 0 Å². The van der Waals surface area contributed by atoms with Crippen molar-refractivity contribution in [2.75, 3.05) is 34.3 Å². The number of phosphoric ester groups is 1. The average Bonchev–Trinajstić information content (AvgIpc) is 2.69. The van der Waals surface area contributed by atoms with E-state index in [0.29, 0.717) is 17.4 Å². The highest BCUT2D eigenvalue weighted by atomic mass is 31.2. The molecule has 0 radical (unpaired) electrons. The Morgan fingerprint density at radius 3 is 1.56 bits per heavy atom. The maximum absolute atomic E-state index is 12.6. The van der Waals surface area contributed by atoms with Crippen LogP contribution in [0.4, 0.5) is 0 Å². The van der Waals surface area contributed by atoms with Crippen LogP contribution in [0.15, 0.2) is 0 Å². The molecular weight excluding hydrogens is 425 g/mol. The van der Waals surface area contributed by atoms with E-state index in [1.54, 1.807) is 6.92 Å². The number of phosphoric acid groups is 1. The summed E-state index contributed by atoms with van der Waals surface area (Å²) in [5.74, 6) is -0.110. The third-order valence-electron chi connectivity index (χ3n) is 5.65. The number of hydrogen-bond donors (Lipinski definition) is 1. The lowest BCUT2D eigenvalue weighted by molar-refractivity contribution is -0.872. The van der Waals surface area contributed by atoms with Crippen molar-refractivity contribution < 1.29 is 27.8 Å². The average molecular weight is 479 g/mol. The molecule has 0 heterocycles. The zero-order chi connectivity index (χ0) is 24.3. The van der Waals surface area contributed by atoms with Crippen molar-refractivity contribution in [1.82, 2.24) is 0 Å². The third-order valence-corrected chi connectivity index (χ3v) is 6.76. The molecule has 0 rings (SSSR count). The number of unbranched alkanes of at least 4 members (excludes halogenated alkanes) is 14. The molecule has 0 aromatic carbocycles. The van der Waals surface area contributed by atoms with Crippen LogP contribution in [0.5, 0.6) is 0 Å². The van der Waals surface area contributed by atoms with E-state index in [9.17, 15) is 14.3 Å². The van der Waals surface area contributed by atoms with Crippen LogP contribution in [0, 0.1) is 0 Å². The summed E-state index contributed by atoms with van der Waals surface area (Å²) in [6, 6.07) is 0. The van der Waals surface area contributed by atoms with Crippen molar-refractivity contribution in [3.63, 3.8) is 0 Å². The summed E-state index contributed by atoms with van der Waals surface area (Å²) in [6.07, 6.45) is 18.7. The van der Waals surface area contributed by atoms with Gasteiger partial charge in [0.25, 0.3) is 0 Å². The number of nitrogens with zero attached hydrogens (tertiary/aromatic N) is 1. The summed E-state index contributed by atoms with van der Waals surface area (Å²) in [7, 11) is 1.60. The fourth-order valence-electron chi connectivity index (χ4n) is 3.88. The van der Waals surface area contributed by atoms with Crippen LogP contribution >= 0.6 is 7.82 Å². The van der Waals surface area contributed by atoms with E-state index < -0.39 is 13.9 Å². The van der Waals surface area contributed by atoms with E-state index in [1.165, 1.54) is 77.0 Å². The molecule has 32 heavy (non-hydrogen) atoms. The first-order chi connectivity index (χ1) is 15.1. The van der Waals surface area contributed by atoms with E-state index >= 15 is 0 Å². The molecule has 2 atom stereocenters. The second-order valence-corrected chi connectivity index (χ2v) is 11.5. The highest BCUT2D eigenvalue weighted by Crippen LogP contribution is 2.44. The zero-order valence-corrected chi connectivity index (χ0v) is 22.7. The Balaban J connectivity index is 3.86. The lowest BCUT2D eigenvalue weighted by Crippen LogP contribution is -2.45. The Bertz CT molecular complexity index is 507. The van der Waals surface area contributed by atoms with Gasteiger partial charge in [-0.25, -0.2) is 4.57 Å². The fraction of sp³-hybridized carbons (Fsp3) is 0.960. The van der Waals surface area contributed by atoms with E-state index in [1.807, 2.05) is 21.1 Å². The first kappa shape index (κ1) is 31.7. The van der Waals surface area contributed by atoms with Crippen LogP contribution < -0.4 is 0 Å². The minimum Gasteiger partial charge on any atom is -0.328 e. The minimum atomic E-state index is -4.19. The summed E-state index contributed by atoms with van der Waals surface area (Å²) >= 11 is 0. The predicted molar refractivity (Wildman–Crippen MR) is 134 cm³/mol. The van der Waals surface area contributed by atoms with Gasteiger partial charge in [0.1, 0.15) is 6.54 Å². The van der Waals surface area contributed by atoms with Gasteiger partial charge in [0.2, 0.25) is 0 Å². The van der Waals surface area contributed by atoms with E-state index in [2.05, 4.69) is 6.92 Å². The summed E-state index contributed by atoms with van der Waals surface area (Å²) in [4.78, 5) is 22.4. The highest BCUT2D eigenvalue weighted by molar-refractivity contribution is 7.47. The van der Waals surface area contributed by atoms with E-state index in [4.69, 9.17) is 9.05 Å². The van der Waals surface area contributed by atoms with Crippen LogP contribution in [0.3, 0.4) is 0 Å². The Hall–Kier alpha value is -0.260. The van der Waals surface area contributed by atoms with Gasteiger partial charge in [-0.05, 0) is 13.3 Å². The van der Waals surface area contributed by atoms with Crippen molar-refractivity contribution in [2.45, 2.75) is 123 Å². The molecule has 0 aliphatic heterocycles. The number of likely N-dealkylation sites (N-methyl/N-ethyl adjacent to an activating group) is 1. The van der Waals surface area contributed by atoms with Gasteiger partial charge < -0.3 is 9.38 Å². The molecule has 0 saturated heterocycles. The van der Waals surface area contributed by atoms with Gasteiger partial charge in [0, 0.05) is 6.42 Å². The second-order valence-electron chi connectivity index (χ2n) is 10.1. The molecule has 7 heteroatoms. The maximum atomic E-state index is 12.6. The number of quaternary nitrogens is 1. The molecule has 6 nitrogen and oxygen atoms in total. The highest BCUT2D eigenvalue weighted by Gasteiger charge is 2.34. The molecule has 0 aliphatic carbocycles. The molecule has 1 N–H and O–H groups in total. The van der Waals surface area contributed by atoms with Crippen molar-refractivity contribution in [1.29, 1.82) is 0 Å². The number of ketones is 1. The van der Waals surface area contributed by atoms with Gasteiger partial charge >= 0.3 is 7.82 Å². The normalized spacial score (nSPS) is 14.9. The van der Waals surface area contributed by atoms with Gasteiger partial charge in [-0.15, -0.1) is 0 Å². The van der Waals surface area contributed by atoms with E-state index in [-0.39, 0.29) is 12.4 Å². The monoisotopic (exact) mass is 478 g/mol. The van der Waals surface area contributed by atoms with Gasteiger partial charge in [-0.2, -0.15) is 0 Å². The summed E-state index contributed by atoms with van der Waals surface area (Å²) in [5, 5.41) is 0. The molecule has 0 saturated carbocycles. The number of hydrogen-bond acceptors (Lipinski definition) is 4. The van der Waals surface area contributed by atoms with Gasteiger partial charge in [-0.3, -0.25) is 13.8 Å². The molecule has 0 bridgehead atoms. The lowest BCUT2D eigenvalue weighted by Gasteiger charge is -2.29. The first-order valence-electron chi connectivity index (χ1n) is 13.1. The van der Waals surface area contributed by atoms with Gasteiger partial charge in [0.05, 0.1) is 27.7 Å². The smallest absolute Gasteiger partial charge is 0.328 e. The number of rotatable bonds is 23. The topological polar surface area (TPSA) is 72.8 Å². The molecule has 0 aromatic heterocycles. The Labute approximate surface area is 198 Å². The third kappa shape index (κ3) is 20.4. The van der Waals surface area contributed by atoms with Crippen molar-refractivity contribution >= 4 is 13.6 Å². The lowest BCUT2D eigenvalue weighted by atomic mass is 10.0. The molecule has 0 fully saturated rings. The SMILES string of the molecule is CCCCCCCCCCCCCCCCCC(=O)C(C[N+](C)(C)C)OP(=O)(O)OCC. The summed E-state index contributed by atoms with van der Waals surface area (Å²) in [6.45, 7) is 4.30. The zero-order valence-electron chi connectivity index (χ0n) is 21.8. The van der Waals surface area contributed by atoms with Crippen molar-refractivity contribution in [3.8, 4) is 0 Å². The molecular formula is C25H53NO5P+. The van der Waals surface area contributed by atoms with Crippen LogP contribution in [0.25, 0.3) is 0 Å². The molecule has 192 valence electrons. The van der Waals surface area contributed by atoms with Crippen LogP contribution in [-0.2, 0) is 18.4 Å². The molecule has 0 aliphatic rings. The Morgan fingerprint density at radius 2 is 1.19 bits per heavy atom. The minimum absolute atomic E-state index is 0.0676. The largest absolute Gasteiger partial charge is 0.473 e. The second kappa shape index (κ2) is 19.1. The van der Waals surface area contributed by atoms with Crippen LogP contribution in [0.2, 0.25) is 0 Å². The maximum Gasteiger partial charge on any atom is 0.473 e. The first-order valence-corrected chi connectivity index (χ1v) is 14.6. The van der Waals surface area contributed by atoms with Crippen LogP contribution in [-0.4, -0.2) is 55.6 Å². The standard InChI is InChI=1S/C25H52NO5P/c1-6-8-9-10-11-12-13-14-15-16-17-18-19-20-21-22-24(27)25(23-26(3,4)5)31-32(28,29)30-7-2/h25H,6-23H2,1-5H3/p+1. The Kier molecular flexibility index (Phi) is 18.9. The predicted octanol–water partition coefficient (Wildman–Crippen LogP) is 7.05. The summed E-state index contributed by atoms with van der Waals surface area (Å²) in [5.41, 5.74) is 0. The van der Waals surface area contributed by atoms with Crippen LogP contribution in [0.1, 0.15) is 117 Å². The van der Waals surface area contributed by atoms with E-state index in [0.717, 1.165) is 19.3 Å². The van der Waals surface area contributed by atoms with Gasteiger partial charge in [-0.1, -0.05) is 96.8 Å². The molecule has 0 spiro atoms. The van der Waals surface area contributed by atoms with Gasteiger partial charge in [0.15, 0.2) is 11.9 Å². The summed E-state index contributed by atoms with van der Waals surface area (Å²) < 4.78 is 22.5. The van der Waals surface area contributed by atoms with Crippen molar-refractivity contribution in [2.24, 2.45) is 0 Å². The number of carbonyl (C=O) groups excluding carboxylic acids is 1. The molecule has 2 unspecified atom stereocenters. The number of Topliss-reactive ketones (excluding diaryl/α,β-unsaturated/α-hetero) is 1. The quantitative estimate of drug-likeness (QED) is 0.0968. The molecule has 0 amide bonds. The fourth-order valence-corrected chi connectivity index (χ4v) is 4.77.